The molecule has 39 heavy (non-hydrogen) atoms. The highest BCUT2D eigenvalue weighted by Gasteiger charge is 2.28. The number of amides is 2. The summed E-state index contributed by atoms with van der Waals surface area (Å²) in [5.74, 6) is -1.77. The summed E-state index contributed by atoms with van der Waals surface area (Å²) in [5.41, 5.74) is 1.17. The number of hydrogen-bond acceptors (Lipinski definition) is 6. The number of esters is 1. The molecule has 9 nitrogen and oxygen atoms in total. The standard InChI is InChI=1S/C27H25Cl2N3O6S/c1-4-15-32(23-12-6-20(28)7-13-23)39(36,37)25-16-19(5-14-24(25)29)27(35)38-17(2)26(34)31-22-10-8-21(9-11-22)30-18(3)33/h4-14,16-17H,1,15H2,2-3H3,(H,30,33)(H,31,34). The van der Waals surface area contributed by atoms with Crippen molar-refractivity contribution in [2.24, 2.45) is 0 Å². The molecule has 1 atom stereocenters. The topological polar surface area (TPSA) is 122 Å². The minimum absolute atomic E-state index is 0.0715. The van der Waals surface area contributed by atoms with Gasteiger partial charge in [-0.1, -0.05) is 29.3 Å². The van der Waals surface area contributed by atoms with Gasteiger partial charge in [-0.3, -0.25) is 13.9 Å². The largest absolute Gasteiger partial charge is 0.449 e. The van der Waals surface area contributed by atoms with Crippen molar-refractivity contribution in [3.8, 4) is 0 Å². The van der Waals surface area contributed by atoms with Crippen LogP contribution in [0.5, 0.6) is 0 Å². The lowest BCUT2D eigenvalue weighted by Gasteiger charge is -2.24. The number of nitrogens with zero attached hydrogens (tertiary/aromatic N) is 1. The van der Waals surface area contributed by atoms with E-state index >= 15 is 0 Å². The highest BCUT2D eigenvalue weighted by molar-refractivity contribution is 7.93. The molecule has 12 heteroatoms. The molecule has 2 amide bonds. The zero-order chi connectivity index (χ0) is 28.7. The maximum absolute atomic E-state index is 13.5. The molecule has 0 aliphatic rings. The smallest absolute Gasteiger partial charge is 0.338 e. The molecule has 0 saturated carbocycles. The summed E-state index contributed by atoms with van der Waals surface area (Å²) >= 11 is 12.2. The zero-order valence-corrected chi connectivity index (χ0v) is 23.3. The molecular formula is C27H25Cl2N3O6S. The molecule has 0 aliphatic heterocycles. The van der Waals surface area contributed by atoms with Crippen molar-refractivity contribution >= 4 is 68.1 Å². The number of anilines is 3. The summed E-state index contributed by atoms with van der Waals surface area (Å²) in [5, 5.41) is 5.53. The minimum atomic E-state index is -4.24. The lowest BCUT2D eigenvalue weighted by Crippen LogP contribution is -2.32. The molecule has 0 fully saturated rings. The Balaban J connectivity index is 1.77. The number of carbonyl (C=O) groups is 3. The van der Waals surface area contributed by atoms with E-state index in [0.29, 0.717) is 22.1 Å². The second-order valence-electron chi connectivity index (χ2n) is 8.24. The maximum Gasteiger partial charge on any atom is 0.338 e. The summed E-state index contributed by atoms with van der Waals surface area (Å²) in [6, 6.07) is 16.2. The minimum Gasteiger partial charge on any atom is -0.449 e. The molecule has 3 aromatic rings. The zero-order valence-electron chi connectivity index (χ0n) is 21.0. The first kappa shape index (κ1) is 29.7. The molecule has 0 radical (unpaired) electrons. The van der Waals surface area contributed by atoms with Crippen LogP contribution >= 0.6 is 23.2 Å². The van der Waals surface area contributed by atoms with Crippen LogP contribution < -0.4 is 14.9 Å². The number of nitrogens with one attached hydrogen (secondary N) is 2. The predicted molar refractivity (Wildman–Crippen MR) is 152 cm³/mol. The van der Waals surface area contributed by atoms with Crippen LogP contribution in [0, 0.1) is 0 Å². The van der Waals surface area contributed by atoms with Crippen molar-refractivity contribution in [3.05, 3.63) is 95.0 Å². The number of halogens is 2. The van der Waals surface area contributed by atoms with Crippen LogP contribution in [0.3, 0.4) is 0 Å². The van der Waals surface area contributed by atoms with E-state index in [1.165, 1.54) is 44.2 Å². The van der Waals surface area contributed by atoms with Crippen molar-refractivity contribution in [2.45, 2.75) is 24.8 Å². The molecule has 0 bridgehead atoms. The van der Waals surface area contributed by atoms with Crippen LogP contribution in [0.1, 0.15) is 24.2 Å². The maximum atomic E-state index is 13.5. The van der Waals surface area contributed by atoms with Crippen molar-refractivity contribution in [1.29, 1.82) is 0 Å². The average Bonchev–Trinajstić information content (AvgIpc) is 2.88. The Morgan fingerprint density at radius 2 is 1.56 bits per heavy atom. The van der Waals surface area contributed by atoms with Crippen LogP contribution in [-0.4, -0.2) is 38.9 Å². The summed E-state index contributed by atoms with van der Waals surface area (Å²) in [4.78, 5) is 36.2. The molecule has 0 aromatic heterocycles. The van der Waals surface area contributed by atoms with E-state index in [1.54, 1.807) is 36.4 Å². The lowest BCUT2D eigenvalue weighted by molar-refractivity contribution is -0.123. The summed E-state index contributed by atoms with van der Waals surface area (Å²) in [7, 11) is -4.24. The Morgan fingerprint density at radius 3 is 2.13 bits per heavy atom. The van der Waals surface area contributed by atoms with Gasteiger partial charge in [0.1, 0.15) is 4.90 Å². The number of carbonyl (C=O) groups excluding carboxylic acids is 3. The monoisotopic (exact) mass is 589 g/mol. The summed E-state index contributed by atoms with van der Waals surface area (Å²) < 4.78 is 33.4. The Bertz CT molecular complexity index is 1490. The number of benzene rings is 3. The molecule has 1 unspecified atom stereocenters. The van der Waals surface area contributed by atoms with Crippen molar-refractivity contribution in [2.75, 3.05) is 21.5 Å². The first-order valence-corrected chi connectivity index (χ1v) is 13.7. The van der Waals surface area contributed by atoms with Crippen LogP contribution in [0.25, 0.3) is 0 Å². The van der Waals surface area contributed by atoms with E-state index in [1.807, 2.05) is 0 Å². The van der Waals surface area contributed by atoms with Gasteiger partial charge >= 0.3 is 5.97 Å². The highest BCUT2D eigenvalue weighted by Crippen LogP contribution is 2.30. The number of hydrogen-bond donors (Lipinski definition) is 2. The third-order valence-electron chi connectivity index (χ3n) is 5.27. The van der Waals surface area contributed by atoms with Crippen LogP contribution in [0.4, 0.5) is 17.1 Å². The van der Waals surface area contributed by atoms with Crippen LogP contribution in [0.15, 0.2) is 84.3 Å². The Morgan fingerprint density at radius 1 is 0.974 bits per heavy atom. The van der Waals surface area contributed by atoms with Gasteiger partial charge in [-0.05, 0) is 73.7 Å². The fourth-order valence-corrected chi connectivity index (χ4v) is 5.44. The fraction of sp³-hybridized carbons (Fsp3) is 0.148. The number of sulfonamides is 1. The molecule has 0 spiro atoms. The van der Waals surface area contributed by atoms with Crippen LogP contribution in [-0.2, 0) is 24.3 Å². The molecule has 3 aromatic carbocycles. The molecule has 2 N–H and O–H groups in total. The third-order valence-corrected chi connectivity index (χ3v) is 7.80. The van der Waals surface area contributed by atoms with Gasteiger partial charge < -0.3 is 15.4 Å². The fourth-order valence-electron chi connectivity index (χ4n) is 3.38. The van der Waals surface area contributed by atoms with E-state index in [2.05, 4.69) is 17.2 Å². The average molecular weight is 590 g/mol. The van der Waals surface area contributed by atoms with Crippen molar-refractivity contribution < 1.29 is 27.5 Å². The second kappa shape index (κ2) is 12.8. The Kier molecular flexibility index (Phi) is 9.74. The van der Waals surface area contributed by atoms with Gasteiger partial charge in [0.25, 0.3) is 15.9 Å². The van der Waals surface area contributed by atoms with E-state index in [-0.39, 0.29) is 27.9 Å². The first-order valence-electron chi connectivity index (χ1n) is 11.5. The van der Waals surface area contributed by atoms with Gasteiger partial charge in [-0.2, -0.15) is 0 Å². The highest BCUT2D eigenvalue weighted by atomic mass is 35.5. The van der Waals surface area contributed by atoms with Gasteiger partial charge in [0.05, 0.1) is 22.8 Å². The van der Waals surface area contributed by atoms with E-state index < -0.39 is 28.0 Å². The van der Waals surface area contributed by atoms with Gasteiger partial charge in [-0.15, -0.1) is 6.58 Å². The normalized spacial score (nSPS) is 11.7. The first-order chi connectivity index (χ1) is 18.4. The predicted octanol–water partition coefficient (Wildman–Crippen LogP) is 5.52. The molecule has 0 heterocycles. The van der Waals surface area contributed by atoms with Gasteiger partial charge in [0, 0.05) is 23.3 Å². The Hall–Kier alpha value is -3.86. The quantitative estimate of drug-likeness (QED) is 0.237. The van der Waals surface area contributed by atoms with Crippen LogP contribution in [0.2, 0.25) is 10.0 Å². The van der Waals surface area contributed by atoms with Gasteiger partial charge in [-0.25, -0.2) is 13.2 Å². The molecule has 0 aliphatic carbocycles. The molecule has 0 saturated heterocycles. The number of rotatable bonds is 10. The summed E-state index contributed by atoms with van der Waals surface area (Å²) in [6.45, 7) is 6.30. The molecule has 3 rings (SSSR count). The van der Waals surface area contributed by atoms with Crippen molar-refractivity contribution in [1.82, 2.24) is 0 Å². The van der Waals surface area contributed by atoms with E-state index in [0.717, 1.165) is 10.4 Å². The third kappa shape index (κ3) is 7.60. The second-order valence-corrected chi connectivity index (χ2v) is 10.9. The molecular weight excluding hydrogens is 565 g/mol. The van der Waals surface area contributed by atoms with E-state index in [9.17, 15) is 22.8 Å². The van der Waals surface area contributed by atoms with Gasteiger partial charge in [0.15, 0.2) is 6.10 Å². The van der Waals surface area contributed by atoms with Crippen molar-refractivity contribution in [3.63, 3.8) is 0 Å². The van der Waals surface area contributed by atoms with E-state index in [4.69, 9.17) is 27.9 Å². The summed E-state index contributed by atoms with van der Waals surface area (Å²) in [6.07, 6.45) is 0.195. The van der Waals surface area contributed by atoms with Gasteiger partial charge in [0.2, 0.25) is 5.91 Å². The molecule has 204 valence electrons. The number of ether oxygens (including phenoxy) is 1. The SMILES string of the molecule is C=CCN(c1ccc(Cl)cc1)S(=O)(=O)c1cc(C(=O)OC(C)C(=O)Nc2ccc(NC(C)=O)cc2)ccc1Cl. The Labute approximate surface area is 236 Å². The lowest BCUT2D eigenvalue weighted by atomic mass is 10.2.